The number of benzene rings is 2. The Bertz CT molecular complexity index is 885. The predicted octanol–water partition coefficient (Wildman–Crippen LogP) is 4.80. The standard InChI is InChI=1S/C20H19N3O/c1-3-14(2)24-19-11-7-4-8-15(19)12-16(13-21)20-22-17-9-5-6-10-18(17)23-20/h4-12,14H,3H2,1-2H3,(H,22,23)/b16-12+. The van der Waals surface area contributed by atoms with Crippen molar-refractivity contribution in [3.05, 3.63) is 59.9 Å². The first-order valence-electron chi connectivity index (χ1n) is 8.04. The normalized spacial score (nSPS) is 12.8. The molecule has 4 nitrogen and oxygen atoms in total. The van der Waals surface area contributed by atoms with Gasteiger partial charge in [-0.05, 0) is 37.6 Å². The van der Waals surface area contributed by atoms with E-state index in [9.17, 15) is 5.26 Å². The molecule has 0 spiro atoms. The number of nitriles is 1. The molecule has 1 aromatic heterocycles. The second-order valence-electron chi connectivity index (χ2n) is 5.65. The van der Waals surface area contributed by atoms with E-state index in [0.717, 1.165) is 28.8 Å². The van der Waals surface area contributed by atoms with Gasteiger partial charge in [0.1, 0.15) is 17.6 Å². The molecule has 1 unspecified atom stereocenters. The summed E-state index contributed by atoms with van der Waals surface area (Å²) >= 11 is 0. The summed E-state index contributed by atoms with van der Waals surface area (Å²) < 4.78 is 5.95. The number of aromatic amines is 1. The Labute approximate surface area is 141 Å². The van der Waals surface area contributed by atoms with Gasteiger partial charge in [0.2, 0.25) is 0 Å². The summed E-state index contributed by atoms with van der Waals surface area (Å²) in [5.74, 6) is 1.34. The zero-order valence-corrected chi connectivity index (χ0v) is 13.8. The molecule has 1 heterocycles. The Balaban J connectivity index is 2.01. The van der Waals surface area contributed by atoms with Crippen molar-refractivity contribution in [1.29, 1.82) is 5.26 Å². The van der Waals surface area contributed by atoms with E-state index in [4.69, 9.17) is 4.74 Å². The van der Waals surface area contributed by atoms with E-state index in [2.05, 4.69) is 23.0 Å². The van der Waals surface area contributed by atoms with Crippen LogP contribution in [0.1, 0.15) is 31.7 Å². The zero-order chi connectivity index (χ0) is 16.9. The van der Waals surface area contributed by atoms with Crippen LogP contribution in [0.15, 0.2) is 48.5 Å². The molecular weight excluding hydrogens is 298 g/mol. The molecule has 1 N–H and O–H groups in total. The van der Waals surface area contributed by atoms with E-state index in [-0.39, 0.29) is 6.10 Å². The molecule has 0 bridgehead atoms. The van der Waals surface area contributed by atoms with Crippen molar-refractivity contribution < 1.29 is 4.74 Å². The number of imidazole rings is 1. The van der Waals surface area contributed by atoms with Crippen LogP contribution in [0, 0.1) is 11.3 Å². The molecule has 1 atom stereocenters. The Hall–Kier alpha value is -3.06. The summed E-state index contributed by atoms with van der Waals surface area (Å²) in [4.78, 5) is 7.70. The maximum atomic E-state index is 9.57. The monoisotopic (exact) mass is 317 g/mol. The molecule has 0 amide bonds. The number of fused-ring (bicyclic) bond motifs is 1. The number of rotatable bonds is 5. The van der Waals surface area contributed by atoms with Crippen LogP contribution in [0.4, 0.5) is 0 Å². The number of allylic oxidation sites excluding steroid dienone is 1. The smallest absolute Gasteiger partial charge is 0.149 e. The average molecular weight is 317 g/mol. The van der Waals surface area contributed by atoms with Crippen LogP contribution in [0.5, 0.6) is 5.75 Å². The third kappa shape index (κ3) is 3.31. The third-order valence-corrected chi connectivity index (χ3v) is 3.89. The van der Waals surface area contributed by atoms with E-state index in [1.54, 1.807) is 0 Å². The molecule has 0 radical (unpaired) electrons. The number of aromatic nitrogens is 2. The number of ether oxygens (including phenoxy) is 1. The van der Waals surface area contributed by atoms with Crippen molar-refractivity contribution >= 4 is 22.7 Å². The molecule has 0 fully saturated rings. The highest BCUT2D eigenvalue weighted by molar-refractivity contribution is 5.91. The molecule has 4 heteroatoms. The van der Waals surface area contributed by atoms with Gasteiger partial charge in [-0.3, -0.25) is 0 Å². The molecule has 24 heavy (non-hydrogen) atoms. The van der Waals surface area contributed by atoms with Crippen LogP contribution in [0.2, 0.25) is 0 Å². The summed E-state index contributed by atoms with van der Waals surface area (Å²) in [7, 11) is 0. The minimum Gasteiger partial charge on any atom is -0.490 e. The first-order valence-corrected chi connectivity index (χ1v) is 8.04. The maximum absolute atomic E-state index is 9.57. The van der Waals surface area contributed by atoms with E-state index in [1.807, 2.05) is 61.5 Å². The number of nitrogens with zero attached hydrogens (tertiary/aromatic N) is 2. The van der Waals surface area contributed by atoms with Gasteiger partial charge >= 0.3 is 0 Å². The van der Waals surface area contributed by atoms with Crippen molar-refractivity contribution in [2.45, 2.75) is 26.4 Å². The Morgan fingerprint density at radius 2 is 2.00 bits per heavy atom. The second-order valence-corrected chi connectivity index (χ2v) is 5.65. The third-order valence-electron chi connectivity index (χ3n) is 3.89. The largest absolute Gasteiger partial charge is 0.490 e. The number of hydrogen-bond donors (Lipinski definition) is 1. The van der Waals surface area contributed by atoms with E-state index >= 15 is 0 Å². The SMILES string of the molecule is CCC(C)Oc1ccccc1/C=C(\C#N)c1nc2ccccc2[nH]1. The van der Waals surface area contributed by atoms with Crippen LogP contribution in [-0.4, -0.2) is 16.1 Å². The molecular formula is C20H19N3O. The maximum Gasteiger partial charge on any atom is 0.149 e. The summed E-state index contributed by atoms with van der Waals surface area (Å²) in [6.45, 7) is 4.11. The molecule has 120 valence electrons. The number of para-hydroxylation sites is 3. The van der Waals surface area contributed by atoms with Gasteiger partial charge in [-0.1, -0.05) is 37.3 Å². The summed E-state index contributed by atoms with van der Waals surface area (Å²) in [6.07, 6.45) is 2.86. The molecule has 0 saturated heterocycles. The molecule has 2 aromatic carbocycles. The molecule has 0 aliphatic rings. The van der Waals surface area contributed by atoms with Gasteiger partial charge in [0.05, 0.1) is 22.7 Å². The fourth-order valence-corrected chi connectivity index (χ4v) is 2.40. The van der Waals surface area contributed by atoms with Crippen molar-refractivity contribution in [3.8, 4) is 11.8 Å². The van der Waals surface area contributed by atoms with Gasteiger partial charge < -0.3 is 9.72 Å². The minimum atomic E-state index is 0.122. The lowest BCUT2D eigenvalue weighted by Crippen LogP contribution is -2.10. The first-order chi connectivity index (χ1) is 11.7. The highest BCUT2D eigenvalue weighted by atomic mass is 16.5. The van der Waals surface area contributed by atoms with E-state index in [0.29, 0.717) is 11.4 Å². The van der Waals surface area contributed by atoms with Crippen molar-refractivity contribution in [2.24, 2.45) is 0 Å². The van der Waals surface area contributed by atoms with Crippen molar-refractivity contribution in [1.82, 2.24) is 9.97 Å². The van der Waals surface area contributed by atoms with Crippen molar-refractivity contribution in [3.63, 3.8) is 0 Å². The summed E-state index contributed by atoms with van der Waals surface area (Å²) in [6, 6.07) is 17.7. The lowest BCUT2D eigenvalue weighted by atomic mass is 10.1. The fourth-order valence-electron chi connectivity index (χ4n) is 2.40. The highest BCUT2D eigenvalue weighted by Crippen LogP contribution is 2.25. The Morgan fingerprint density at radius 1 is 1.25 bits per heavy atom. The molecule has 0 saturated carbocycles. The highest BCUT2D eigenvalue weighted by Gasteiger charge is 2.10. The molecule has 0 aliphatic carbocycles. The van der Waals surface area contributed by atoms with Gasteiger partial charge in [-0.2, -0.15) is 5.26 Å². The first kappa shape index (κ1) is 15.8. The lowest BCUT2D eigenvalue weighted by molar-refractivity contribution is 0.217. The number of nitrogens with one attached hydrogen (secondary N) is 1. The predicted molar refractivity (Wildman–Crippen MR) is 96.4 cm³/mol. The Morgan fingerprint density at radius 3 is 2.75 bits per heavy atom. The van der Waals surface area contributed by atoms with Gasteiger partial charge in [-0.15, -0.1) is 0 Å². The van der Waals surface area contributed by atoms with Crippen LogP contribution in [0.3, 0.4) is 0 Å². The zero-order valence-electron chi connectivity index (χ0n) is 13.8. The molecule has 0 aliphatic heterocycles. The quantitative estimate of drug-likeness (QED) is 0.687. The van der Waals surface area contributed by atoms with E-state index < -0.39 is 0 Å². The lowest BCUT2D eigenvalue weighted by Gasteiger charge is -2.14. The topological polar surface area (TPSA) is 61.7 Å². The van der Waals surface area contributed by atoms with Crippen molar-refractivity contribution in [2.75, 3.05) is 0 Å². The number of H-pyrrole nitrogens is 1. The van der Waals surface area contributed by atoms with Gasteiger partial charge in [0, 0.05) is 5.56 Å². The van der Waals surface area contributed by atoms with Crippen LogP contribution in [0.25, 0.3) is 22.7 Å². The summed E-state index contributed by atoms with van der Waals surface area (Å²) in [5, 5.41) is 9.57. The minimum absolute atomic E-state index is 0.122. The van der Waals surface area contributed by atoms with Crippen LogP contribution in [-0.2, 0) is 0 Å². The fraction of sp³-hybridized carbons (Fsp3) is 0.200. The van der Waals surface area contributed by atoms with Gasteiger partial charge in [0.25, 0.3) is 0 Å². The average Bonchev–Trinajstić information content (AvgIpc) is 3.04. The van der Waals surface area contributed by atoms with E-state index in [1.165, 1.54) is 0 Å². The second kappa shape index (κ2) is 7.01. The van der Waals surface area contributed by atoms with Gasteiger partial charge in [-0.25, -0.2) is 4.98 Å². The molecule has 3 aromatic rings. The molecule has 3 rings (SSSR count). The Kier molecular flexibility index (Phi) is 4.62. The number of hydrogen-bond acceptors (Lipinski definition) is 3. The summed E-state index contributed by atoms with van der Waals surface area (Å²) in [5.41, 5.74) is 3.11. The van der Waals surface area contributed by atoms with Gasteiger partial charge in [0.15, 0.2) is 0 Å². The van der Waals surface area contributed by atoms with Crippen LogP contribution < -0.4 is 4.74 Å². The van der Waals surface area contributed by atoms with Crippen LogP contribution >= 0.6 is 0 Å².